The van der Waals surface area contributed by atoms with Crippen molar-refractivity contribution in [3.8, 4) is 0 Å². The van der Waals surface area contributed by atoms with Crippen LogP contribution in [0.5, 0.6) is 0 Å². The fraction of sp³-hybridized carbons (Fsp3) is 0.800. The normalized spacial score (nSPS) is 11.0. The third-order valence-corrected chi connectivity index (χ3v) is 1.88. The highest BCUT2D eigenvalue weighted by atomic mass is 32.1. The first-order valence-corrected chi connectivity index (χ1v) is 4.31. The van der Waals surface area contributed by atoms with Crippen molar-refractivity contribution in [2.45, 2.75) is 12.2 Å². The van der Waals surface area contributed by atoms with Crippen LogP contribution >= 0.6 is 38.2 Å². The van der Waals surface area contributed by atoms with E-state index in [0.29, 0.717) is 5.75 Å². The van der Waals surface area contributed by atoms with Gasteiger partial charge in [-0.1, -0.05) is 0 Å². The van der Waals surface area contributed by atoms with Crippen LogP contribution in [0.25, 0.3) is 0 Å². The Morgan fingerprint density at radius 2 is 2.09 bits per heavy atom. The summed E-state index contributed by atoms with van der Waals surface area (Å²) in [4.78, 5) is 9.51. The summed E-state index contributed by atoms with van der Waals surface area (Å²) in [7, 11) is 0. The Bertz CT molecular complexity index is 95.0. The largest absolute Gasteiger partial charge is 0.395 e. The van der Waals surface area contributed by atoms with E-state index in [1.807, 2.05) is 0 Å². The number of hydrogen-bond acceptors (Lipinski definition) is 6. The van der Waals surface area contributed by atoms with Gasteiger partial charge in [0.05, 0.1) is 6.61 Å². The molecule has 0 saturated heterocycles. The maximum atomic E-state index is 9.51. The standard InChI is InChI=1S/C3H8OS2.C2H4O2S/c4-1-3(6)2-5;1-2(3)4-5/h3-6H,1-2H2;5H,1H3. The molecule has 1 unspecified atom stereocenters. The highest BCUT2D eigenvalue weighted by Crippen LogP contribution is 1.93. The maximum absolute atomic E-state index is 9.51. The summed E-state index contributed by atoms with van der Waals surface area (Å²) in [6, 6.07) is 0. The number of carbonyl (C=O) groups excluding carboxylic acids is 1. The third-order valence-electron chi connectivity index (χ3n) is 0.550. The predicted octanol–water partition coefficient (Wildman–Crippen LogP) is 0.601. The van der Waals surface area contributed by atoms with Crippen molar-refractivity contribution in [3.05, 3.63) is 0 Å². The van der Waals surface area contributed by atoms with Crippen molar-refractivity contribution < 1.29 is 14.1 Å². The second-order valence-electron chi connectivity index (χ2n) is 1.60. The van der Waals surface area contributed by atoms with Gasteiger partial charge in [-0.05, 0) is 0 Å². The Morgan fingerprint density at radius 1 is 1.73 bits per heavy atom. The summed E-state index contributed by atoms with van der Waals surface area (Å²) in [5.74, 6) is 0.257. The Kier molecular flexibility index (Phi) is 13.4. The lowest BCUT2D eigenvalue weighted by atomic mass is 10.5. The minimum atomic E-state index is -0.381. The molecule has 0 spiro atoms. The molecule has 0 amide bonds. The SMILES string of the molecule is CC(=O)OS.OCC(S)CS. The molecule has 3 nitrogen and oxygen atoms in total. The van der Waals surface area contributed by atoms with E-state index in [9.17, 15) is 4.79 Å². The molecule has 0 aliphatic heterocycles. The van der Waals surface area contributed by atoms with Gasteiger partial charge in [0, 0.05) is 30.8 Å². The van der Waals surface area contributed by atoms with E-state index in [-0.39, 0.29) is 17.8 Å². The van der Waals surface area contributed by atoms with Gasteiger partial charge in [0.25, 0.3) is 0 Å². The van der Waals surface area contributed by atoms with Gasteiger partial charge in [-0.25, -0.2) is 0 Å². The monoisotopic (exact) mass is 216 g/mol. The van der Waals surface area contributed by atoms with Crippen molar-refractivity contribution in [1.82, 2.24) is 0 Å². The molecule has 68 valence electrons. The highest BCUT2D eigenvalue weighted by molar-refractivity contribution is 7.84. The van der Waals surface area contributed by atoms with Gasteiger partial charge in [-0.15, -0.1) is 0 Å². The second kappa shape index (κ2) is 10.5. The van der Waals surface area contributed by atoms with Crippen LogP contribution in [0.15, 0.2) is 0 Å². The molecule has 0 rings (SSSR count). The zero-order chi connectivity index (χ0) is 9.28. The zero-order valence-electron chi connectivity index (χ0n) is 6.10. The van der Waals surface area contributed by atoms with Crippen LogP contribution in [0.3, 0.4) is 0 Å². The molecule has 1 atom stereocenters. The molecule has 0 aliphatic rings. The molecule has 0 aromatic rings. The molecule has 0 aromatic carbocycles. The van der Waals surface area contributed by atoms with E-state index in [0.717, 1.165) is 0 Å². The number of rotatable bonds is 2. The maximum Gasteiger partial charge on any atom is 0.314 e. The average molecular weight is 216 g/mol. The minimum absolute atomic E-state index is 0.0494. The fourth-order valence-corrected chi connectivity index (χ4v) is 0.173. The number of carbonyl (C=O) groups is 1. The smallest absolute Gasteiger partial charge is 0.314 e. The van der Waals surface area contributed by atoms with Crippen LogP contribution in [0.2, 0.25) is 0 Å². The summed E-state index contributed by atoms with van der Waals surface area (Å²) < 4.78 is 3.81. The highest BCUT2D eigenvalue weighted by Gasteiger charge is 1.92. The lowest BCUT2D eigenvalue weighted by Gasteiger charge is -1.96. The molecular weight excluding hydrogens is 204 g/mol. The Hall–Kier alpha value is 0.480. The molecule has 0 aliphatic carbocycles. The van der Waals surface area contributed by atoms with Gasteiger partial charge in [-0.3, -0.25) is 4.79 Å². The van der Waals surface area contributed by atoms with Gasteiger partial charge in [0.2, 0.25) is 0 Å². The number of aliphatic hydroxyl groups excluding tert-OH is 1. The quantitative estimate of drug-likeness (QED) is 0.404. The molecule has 0 bridgehead atoms. The summed E-state index contributed by atoms with van der Waals surface area (Å²) in [6.07, 6.45) is 0. The summed E-state index contributed by atoms with van der Waals surface area (Å²) in [5, 5.41) is 8.26. The van der Waals surface area contributed by atoms with Gasteiger partial charge < -0.3 is 9.29 Å². The van der Waals surface area contributed by atoms with Crippen LogP contribution in [-0.4, -0.2) is 28.7 Å². The number of aliphatic hydroxyl groups is 1. The van der Waals surface area contributed by atoms with Crippen molar-refractivity contribution in [2.24, 2.45) is 0 Å². The topological polar surface area (TPSA) is 46.5 Å². The summed E-state index contributed by atoms with van der Waals surface area (Å²) >= 11 is 10.9. The first-order valence-electron chi connectivity index (χ1n) is 2.80. The molecular formula is C5H12O3S3. The van der Waals surface area contributed by atoms with Gasteiger partial charge >= 0.3 is 5.97 Å². The summed E-state index contributed by atoms with van der Waals surface area (Å²) in [6.45, 7) is 1.40. The molecule has 0 aromatic heterocycles. The molecule has 11 heavy (non-hydrogen) atoms. The lowest BCUT2D eigenvalue weighted by Crippen LogP contribution is -2.04. The average Bonchev–Trinajstić information content (AvgIpc) is 2.04. The van der Waals surface area contributed by atoms with E-state index in [2.05, 4.69) is 42.4 Å². The van der Waals surface area contributed by atoms with E-state index in [1.54, 1.807) is 0 Å². The van der Waals surface area contributed by atoms with Gasteiger partial charge in [0.15, 0.2) is 0 Å². The second-order valence-corrected chi connectivity index (χ2v) is 2.88. The van der Waals surface area contributed by atoms with Crippen LogP contribution in [-0.2, 0) is 8.98 Å². The molecule has 0 heterocycles. The van der Waals surface area contributed by atoms with Crippen molar-refractivity contribution >= 4 is 44.1 Å². The van der Waals surface area contributed by atoms with Crippen LogP contribution < -0.4 is 0 Å². The molecule has 6 heteroatoms. The van der Waals surface area contributed by atoms with Crippen LogP contribution in [0.4, 0.5) is 0 Å². The van der Waals surface area contributed by atoms with Crippen LogP contribution in [0.1, 0.15) is 6.92 Å². The summed E-state index contributed by atoms with van der Waals surface area (Å²) in [5.41, 5.74) is 0. The fourth-order valence-electron chi connectivity index (χ4n) is 0.0577. The van der Waals surface area contributed by atoms with Crippen molar-refractivity contribution in [3.63, 3.8) is 0 Å². The molecule has 0 saturated carbocycles. The van der Waals surface area contributed by atoms with Gasteiger partial charge in [0.1, 0.15) is 0 Å². The third kappa shape index (κ3) is 17.9. The molecule has 0 radical (unpaired) electrons. The van der Waals surface area contributed by atoms with Crippen LogP contribution in [0, 0.1) is 0 Å². The Labute approximate surface area is 82.9 Å². The molecule has 1 N–H and O–H groups in total. The number of thiol groups is 3. The minimum Gasteiger partial charge on any atom is -0.395 e. The van der Waals surface area contributed by atoms with Gasteiger partial charge in [-0.2, -0.15) is 25.3 Å². The van der Waals surface area contributed by atoms with E-state index >= 15 is 0 Å². The Morgan fingerprint density at radius 3 is 2.09 bits per heavy atom. The first-order chi connectivity index (χ1) is 5.08. The number of hydrogen-bond donors (Lipinski definition) is 4. The van der Waals surface area contributed by atoms with Crippen molar-refractivity contribution in [2.75, 3.05) is 12.4 Å². The zero-order valence-corrected chi connectivity index (χ0v) is 8.78. The van der Waals surface area contributed by atoms with Crippen molar-refractivity contribution in [1.29, 1.82) is 0 Å². The van der Waals surface area contributed by atoms with E-state index in [4.69, 9.17) is 5.11 Å². The predicted molar refractivity (Wildman–Crippen MR) is 54.5 cm³/mol. The Balaban J connectivity index is 0. The lowest BCUT2D eigenvalue weighted by molar-refractivity contribution is -0.130. The van der Waals surface area contributed by atoms with E-state index in [1.165, 1.54) is 6.92 Å². The van der Waals surface area contributed by atoms with E-state index < -0.39 is 0 Å². The molecule has 0 fully saturated rings. The first kappa shape index (κ1) is 14.0.